The van der Waals surface area contributed by atoms with E-state index in [4.69, 9.17) is 15.6 Å². The smallest absolute Gasteiger partial charge is 0.475 e. The second kappa shape index (κ2) is 19.4. The highest BCUT2D eigenvalue weighted by Crippen LogP contribution is 2.54. The van der Waals surface area contributed by atoms with Gasteiger partial charge in [0.25, 0.3) is 0 Å². The lowest BCUT2D eigenvalue weighted by molar-refractivity contribution is -0.192. The number of halogens is 3. The van der Waals surface area contributed by atoms with Crippen LogP contribution in [0.3, 0.4) is 0 Å². The van der Waals surface area contributed by atoms with E-state index in [1.54, 1.807) is 22.3 Å². The van der Waals surface area contributed by atoms with E-state index >= 15 is 0 Å². The van der Waals surface area contributed by atoms with Gasteiger partial charge in [-0.25, -0.2) is 14.4 Å². The second-order valence-electron chi connectivity index (χ2n) is 19.5. The summed E-state index contributed by atoms with van der Waals surface area (Å²) < 4.78 is 31.7. The molecule has 6 N–H and O–H groups in total. The highest BCUT2D eigenvalue weighted by molar-refractivity contribution is 5.83. The number of carbonyl (C=O) groups is 3. The van der Waals surface area contributed by atoms with Crippen molar-refractivity contribution >= 4 is 28.9 Å². The number of benzene rings is 3. The fourth-order valence-electron chi connectivity index (χ4n) is 12.8. The number of H-pyrrole nitrogens is 1. The van der Waals surface area contributed by atoms with Gasteiger partial charge in [0, 0.05) is 59.9 Å². The number of carboxylic acids is 1. The average Bonchev–Trinajstić information content (AvgIpc) is 4.14. The van der Waals surface area contributed by atoms with Gasteiger partial charge in [0.2, 0.25) is 0 Å². The number of primary amides is 1. The molecule has 14 heteroatoms. The van der Waals surface area contributed by atoms with Crippen LogP contribution in [0, 0.1) is 11.8 Å². The first-order valence-electron chi connectivity index (χ1n) is 24.1. The largest absolute Gasteiger partial charge is 0.490 e. The van der Waals surface area contributed by atoms with E-state index < -0.39 is 12.1 Å². The quantitative estimate of drug-likeness (QED) is 0.0903. The Labute approximate surface area is 379 Å². The van der Waals surface area contributed by atoms with E-state index in [1.165, 1.54) is 45.1 Å². The van der Waals surface area contributed by atoms with Crippen LogP contribution >= 0.6 is 0 Å². The average molecular weight is 896 g/mol. The fraction of sp³-hybridized carbons (Fsp3) is 0.549. The molecule has 4 aromatic rings. The Kier molecular flexibility index (Phi) is 13.5. The van der Waals surface area contributed by atoms with Crippen LogP contribution in [0.1, 0.15) is 142 Å². The summed E-state index contributed by atoms with van der Waals surface area (Å²) in [5.41, 5.74) is 14.7. The third-order valence-corrected chi connectivity index (χ3v) is 16.0. The molecule has 65 heavy (non-hydrogen) atoms. The highest BCUT2D eigenvalue weighted by Gasteiger charge is 2.45. The molecule has 5 heterocycles. The Hall–Kier alpha value is -5.08. The van der Waals surface area contributed by atoms with E-state index in [0.717, 1.165) is 80.3 Å². The van der Waals surface area contributed by atoms with Gasteiger partial charge in [-0.05, 0) is 155 Å². The van der Waals surface area contributed by atoms with Crippen LogP contribution in [0.5, 0.6) is 0 Å². The number of aromatic nitrogens is 1. The molecule has 4 aliphatic heterocycles. The van der Waals surface area contributed by atoms with Gasteiger partial charge in [0.1, 0.15) is 0 Å². The van der Waals surface area contributed by atoms with Crippen molar-refractivity contribution < 1.29 is 32.7 Å². The van der Waals surface area contributed by atoms with Gasteiger partial charge < -0.3 is 31.4 Å². The number of nitrogens with zero attached hydrogens (tertiary/aromatic N) is 3. The summed E-state index contributed by atoms with van der Waals surface area (Å²) in [6.07, 6.45) is 13.7. The number of carboxylic acid groups (broad SMARTS) is 1. The van der Waals surface area contributed by atoms with Gasteiger partial charge in [0.05, 0.1) is 6.04 Å². The molecule has 4 bridgehead atoms. The Balaban J connectivity index is 0.000000706. The lowest BCUT2D eigenvalue weighted by Crippen LogP contribution is -2.56. The van der Waals surface area contributed by atoms with Crippen molar-refractivity contribution in [1.82, 2.24) is 30.3 Å². The molecule has 1 unspecified atom stereocenters. The maximum Gasteiger partial charge on any atom is 0.490 e. The maximum atomic E-state index is 13.5. The van der Waals surface area contributed by atoms with Crippen molar-refractivity contribution in [3.63, 3.8) is 0 Å². The van der Waals surface area contributed by atoms with Crippen molar-refractivity contribution in [2.24, 2.45) is 17.6 Å². The maximum absolute atomic E-state index is 13.5. The molecule has 10 rings (SSSR count). The number of aliphatic carboxylic acids is 1. The molecule has 2 saturated heterocycles. The van der Waals surface area contributed by atoms with Crippen molar-refractivity contribution in [1.29, 1.82) is 0 Å². The van der Waals surface area contributed by atoms with Crippen molar-refractivity contribution in [3.8, 4) is 0 Å². The lowest BCUT2D eigenvalue weighted by Gasteiger charge is -2.41. The number of rotatable bonds is 13. The van der Waals surface area contributed by atoms with Gasteiger partial charge in [-0.3, -0.25) is 9.80 Å². The first-order chi connectivity index (χ1) is 31.4. The van der Waals surface area contributed by atoms with Crippen molar-refractivity contribution in [2.45, 2.75) is 145 Å². The number of hydrogen-bond acceptors (Lipinski definition) is 5. The number of aromatic amines is 1. The summed E-state index contributed by atoms with van der Waals surface area (Å²) in [6, 6.07) is 28.4. The number of urea groups is 2. The van der Waals surface area contributed by atoms with Gasteiger partial charge in [0.15, 0.2) is 0 Å². The standard InChI is InChI=1S/C49H63N7O2.C2HF3O2/c50-48(57)56(36-19-15-33(16-20-36)26-28-55-46-23-24-47(55)42-11-4-3-10-41(42)46)37(29-34-30-51-43-12-6-5-7-38(34)43)31-52-49(58)53-35-17-13-32(14-18-35)25-27-54-44-21-22-45(54)40-9-2-1-8-39(40)44;3-2(4,5)1(6)7/h1-12,30,32-33,35-37,44-47,51H,13-29,31H2,(H2,50,57)(H2,52,53,58);(H,6,7)/t32?,33?,35?,36?,37?,44-,45+,46-,47+;. The van der Waals surface area contributed by atoms with Crippen LogP contribution in [-0.2, 0) is 11.2 Å². The van der Waals surface area contributed by atoms with Crippen LogP contribution in [0.2, 0.25) is 0 Å². The minimum atomic E-state index is -5.08. The third-order valence-electron chi connectivity index (χ3n) is 16.0. The molecule has 2 aliphatic carbocycles. The molecule has 11 nitrogen and oxygen atoms in total. The first kappa shape index (κ1) is 45.1. The second-order valence-corrected chi connectivity index (χ2v) is 19.5. The van der Waals surface area contributed by atoms with Gasteiger partial charge in [-0.2, -0.15) is 13.2 Å². The number of nitrogens with one attached hydrogen (secondary N) is 3. The van der Waals surface area contributed by atoms with Crippen LogP contribution in [0.15, 0.2) is 79.0 Å². The number of amides is 4. The number of alkyl halides is 3. The molecular weight excluding hydrogens is 832 g/mol. The zero-order valence-corrected chi connectivity index (χ0v) is 37.2. The summed E-state index contributed by atoms with van der Waals surface area (Å²) in [4.78, 5) is 46.8. The van der Waals surface area contributed by atoms with Gasteiger partial charge in [-0.1, -0.05) is 66.7 Å². The monoisotopic (exact) mass is 895 g/mol. The van der Waals surface area contributed by atoms with E-state index in [1.807, 2.05) is 11.0 Å². The number of fused-ring (bicyclic) bond motifs is 11. The third kappa shape index (κ3) is 9.75. The Morgan fingerprint density at radius 1 is 0.708 bits per heavy atom. The van der Waals surface area contributed by atoms with E-state index in [0.29, 0.717) is 43.1 Å². The van der Waals surface area contributed by atoms with Gasteiger partial charge in [-0.15, -0.1) is 0 Å². The predicted octanol–water partition coefficient (Wildman–Crippen LogP) is 10.1. The molecule has 1 aromatic heterocycles. The number of carbonyl (C=O) groups excluding carboxylic acids is 2. The van der Waals surface area contributed by atoms with E-state index in [2.05, 4.69) is 98.3 Å². The predicted molar refractivity (Wildman–Crippen MR) is 244 cm³/mol. The van der Waals surface area contributed by atoms with Crippen molar-refractivity contribution in [3.05, 3.63) is 107 Å². The number of nitrogens with two attached hydrogens (primary N) is 1. The first-order valence-corrected chi connectivity index (χ1v) is 24.1. The zero-order valence-electron chi connectivity index (χ0n) is 37.2. The molecule has 4 amide bonds. The van der Waals surface area contributed by atoms with E-state index in [-0.39, 0.29) is 30.2 Å². The van der Waals surface area contributed by atoms with Crippen LogP contribution in [0.4, 0.5) is 22.8 Å². The van der Waals surface area contributed by atoms with Crippen LogP contribution < -0.4 is 16.4 Å². The minimum absolute atomic E-state index is 0.0706. The number of para-hydroxylation sites is 1. The molecule has 2 saturated carbocycles. The summed E-state index contributed by atoms with van der Waals surface area (Å²) in [5, 5.41) is 14.8. The summed E-state index contributed by atoms with van der Waals surface area (Å²) in [5.74, 6) is -1.38. The molecule has 6 aliphatic rings. The summed E-state index contributed by atoms with van der Waals surface area (Å²) in [7, 11) is 0. The Morgan fingerprint density at radius 2 is 1.17 bits per heavy atom. The van der Waals surface area contributed by atoms with E-state index in [9.17, 15) is 22.8 Å². The Bertz CT molecular complexity index is 2240. The van der Waals surface area contributed by atoms with Gasteiger partial charge >= 0.3 is 24.2 Å². The number of hydrogen-bond donors (Lipinski definition) is 5. The normalized spacial score (nSPS) is 27.4. The molecule has 3 aromatic carbocycles. The molecule has 348 valence electrons. The highest BCUT2D eigenvalue weighted by atomic mass is 19.4. The van der Waals surface area contributed by atoms with Crippen molar-refractivity contribution in [2.75, 3.05) is 19.6 Å². The SMILES string of the molecule is NC(=O)N(C1CCC(CCN2[C@@H]3CC[C@H]2c2ccccc23)CC1)C(CNC(=O)NC1CCC(CCN2[C@@H]3CC[C@H]2c2ccccc23)CC1)Cc1c[nH]c2ccccc12.O=C(O)C(F)(F)F. The molecular formula is C51H64F3N7O4. The Morgan fingerprint density at radius 3 is 1.65 bits per heavy atom. The lowest BCUT2D eigenvalue weighted by atomic mass is 9.82. The fourth-order valence-corrected chi connectivity index (χ4v) is 12.8. The minimum Gasteiger partial charge on any atom is -0.475 e. The molecule has 5 atom stereocenters. The van der Waals surface area contributed by atoms with Crippen LogP contribution in [0.25, 0.3) is 10.9 Å². The molecule has 0 radical (unpaired) electrons. The summed E-state index contributed by atoms with van der Waals surface area (Å²) >= 11 is 0. The molecule has 4 fully saturated rings. The van der Waals surface area contributed by atoms with Crippen LogP contribution in [-0.4, -0.2) is 86.8 Å². The molecule has 0 spiro atoms. The topological polar surface area (TPSA) is 147 Å². The summed E-state index contributed by atoms with van der Waals surface area (Å²) in [6.45, 7) is 2.69. The zero-order chi connectivity index (χ0) is 45.2.